The van der Waals surface area contributed by atoms with Crippen molar-refractivity contribution in [2.75, 3.05) is 5.32 Å². The number of H-pyrrole nitrogens is 1. The van der Waals surface area contributed by atoms with Crippen LogP contribution in [0.1, 0.15) is 12.0 Å². The predicted molar refractivity (Wildman–Crippen MR) is 108 cm³/mol. The van der Waals surface area contributed by atoms with Gasteiger partial charge in [0.1, 0.15) is 11.5 Å². The lowest BCUT2D eigenvalue weighted by Gasteiger charge is -2.08. The standard InChI is InChI=1S/C23H20N2O2/c26-23(15-10-17-16-24-22-9-5-4-8-21(17)22)25-18-11-13-20(14-12-18)27-19-6-2-1-3-7-19/h1-9,11-14,16,24H,10,15H2,(H,25,26). The van der Waals surface area contributed by atoms with E-state index in [-0.39, 0.29) is 5.91 Å². The maximum Gasteiger partial charge on any atom is 0.224 e. The monoisotopic (exact) mass is 356 g/mol. The molecule has 0 aliphatic heterocycles. The average molecular weight is 356 g/mol. The number of benzene rings is 3. The molecule has 1 heterocycles. The molecule has 0 spiro atoms. The van der Waals surface area contributed by atoms with Crippen LogP contribution in [0.3, 0.4) is 0 Å². The molecule has 2 N–H and O–H groups in total. The molecule has 0 radical (unpaired) electrons. The molecular weight excluding hydrogens is 336 g/mol. The van der Waals surface area contributed by atoms with Gasteiger partial charge in [-0.1, -0.05) is 36.4 Å². The molecule has 4 rings (SSSR count). The minimum Gasteiger partial charge on any atom is -0.457 e. The summed E-state index contributed by atoms with van der Waals surface area (Å²) in [5.41, 5.74) is 3.02. The van der Waals surface area contributed by atoms with E-state index in [1.54, 1.807) is 0 Å². The van der Waals surface area contributed by atoms with E-state index in [0.29, 0.717) is 12.8 Å². The van der Waals surface area contributed by atoms with Gasteiger partial charge in [0.2, 0.25) is 5.91 Å². The van der Waals surface area contributed by atoms with Crippen molar-refractivity contribution in [1.29, 1.82) is 0 Å². The van der Waals surface area contributed by atoms with Crippen LogP contribution in [0.4, 0.5) is 5.69 Å². The third-order valence-electron chi connectivity index (χ3n) is 4.41. The smallest absolute Gasteiger partial charge is 0.224 e. The van der Waals surface area contributed by atoms with Gasteiger partial charge in [-0.15, -0.1) is 0 Å². The first kappa shape index (κ1) is 16.9. The molecule has 0 saturated carbocycles. The van der Waals surface area contributed by atoms with Gasteiger partial charge in [-0.2, -0.15) is 0 Å². The number of aromatic amines is 1. The summed E-state index contributed by atoms with van der Waals surface area (Å²) in [6.07, 6.45) is 3.11. The number of rotatable bonds is 6. The van der Waals surface area contributed by atoms with E-state index in [9.17, 15) is 4.79 Å². The Kier molecular flexibility index (Phi) is 4.88. The highest BCUT2D eigenvalue weighted by molar-refractivity contribution is 5.91. The number of hydrogen-bond acceptors (Lipinski definition) is 2. The Hall–Kier alpha value is -3.53. The van der Waals surface area contributed by atoms with Crippen LogP contribution in [0, 0.1) is 0 Å². The first-order chi connectivity index (χ1) is 13.3. The quantitative estimate of drug-likeness (QED) is 0.477. The molecule has 0 aliphatic carbocycles. The molecule has 0 fully saturated rings. The highest BCUT2D eigenvalue weighted by Gasteiger charge is 2.07. The van der Waals surface area contributed by atoms with E-state index in [2.05, 4.69) is 16.4 Å². The summed E-state index contributed by atoms with van der Waals surface area (Å²) < 4.78 is 5.76. The van der Waals surface area contributed by atoms with Crippen molar-refractivity contribution in [3.63, 3.8) is 0 Å². The molecule has 0 bridgehead atoms. The van der Waals surface area contributed by atoms with E-state index in [4.69, 9.17) is 4.74 Å². The Morgan fingerprint density at radius 3 is 2.37 bits per heavy atom. The zero-order valence-corrected chi connectivity index (χ0v) is 14.8. The largest absolute Gasteiger partial charge is 0.457 e. The molecule has 134 valence electrons. The first-order valence-corrected chi connectivity index (χ1v) is 8.96. The van der Waals surface area contributed by atoms with Gasteiger partial charge in [0.25, 0.3) is 0 Å². The molecular formula is C23H20N2O2. The zero-order valence-electron chi connectivity index (χ0n) is 14.8. The first-order valence-electron chi connectivity index (χ1n) is 8.96. The number of carbonyl (C=O) groups is 1. The third kappa shape index (κ3) is 4.18. The van der Waals surface area contributed by atoms with Crippen molar-refractivity contribution in [1.82, 2.24) is 4.98 Å². The van der Waals surface area contributed by atoms with Crippen LogP contribution in [0.5, 0.6) is 11.5 Å². The Morgan fingerprint density at radius 1 is 0.852 bits per heavy atom. The maximum absolute atomic E-state index is 12.3. The van der Waals surface area contributed by atoms with Crippen LogP contribution in [0.2, 0.25) is 0 Å². The number of amides is 1. The fraction of sp³-hybridized carbons (Fsp3) is 0.0870. The SMILES string of the molecule is O=C(CCc1c[nH]c2ccccc12)Nc1ccc(Oc2ccccc2)cc1. The molecule has 1 aromatic heterocycles. The molecule has 0 unspecified atom stereocenters. The summed E-state index contributed by atoms with van der Waals surface area (Å²) in [5, 5.41) is 4.11. The van der Waals surface area contributed by atoms with Gasteiger partial charge in [0.05, 0.1) is 0 Å². The van der Waals surface area contributed by atoms with E-state index in [1.165, 1.54) is 5.39 Å². The zero-order chi connectivity index (χ0) is 18.5. The molecule has 3 aromatic carbocycles. The molecule has 0 saturated heterocycles. The highest BCUT2D eigenvalue weighted by atomic mass is 16.5. The average Bonchev–Trinajstić information content (AvgIpc) is 3.12. The number of para-hydroxylation sites is 2. The highest BCUT2D eigenvalue weighted by Crippen LogP contribution is 2.23. The van der Waals surface area contributed by atoms with E-state index < -0.39 is 0 Å². The van der Waals surface area contributed by atoms with Crippen molar-refractivity contribution in [2.24, 2.45) is 0 Å². The van der Waals surface area contributed by atoms with Crippen LogP contribution in [0.15, 0.2) is 85.1 Å². The van der Waals surface area contributed by atoms with Gasteiger partial charge in [-0.25, -0.2) is 0 Å². The minimum absolute atomic E-state index is 0.00277. The van der Waals surface area contributed by atoms with Crippen LogP contribution in [0.25, 0.3) is 10.9 Å². The van der Waals surface area contributed by atoms with Gasteiger partial charge in [-0.3, -0.25) is 4.79 Å². The van der Waals surface area contributed by atoms with Gasteiger partial charge in [0, 0.05) is 29.2 Å². The molecule has 0 atom stereocenters. The van der Waals surface area contributed by atoms with E-state index in [1.807, 2.05) is 79.0 Å². The Bertz CT molecular complexity index is 1040. The Morgan fingerprint density at radius 2 is 1.56 bits per heavy atom. The second-order valence-electron chi connectivity index (χ2n) is 6.35. The van der Waals surface area contributed by atoms with Gasteiger partial charge in [-0.05, 0) is 54.4 Å². The summed E-state index contributed by atoms with van der Waals surface area (Å²) in [6.45, 7) is 0. The minimum atomic E-state index is -0.00277. The van der Waals surface area contributed by atoms with Gasteiger partial charge < -0.3 is 15.0 Å². The molecule has 4 heteroatoms. The Labute approximate surface area is 157 Å². The van der Waals surface area contributed by atoms with Gasteiger partial charge >= 0.3 is 0 Å². The number of anilines is 1. The molecule has 27 heavy (non-hydrogen) atoms. The fourth-order valence-corrected chi connectivity index (χ4v) is 3.04. The Balaban J connectivity index is 1.33. The number of hydrogen-bond donors (Lipinski definition) is 2. The van der Waals surface area contributed by atoms with Gasteiger partial charge in [0.15, 0.2) is 0 Å². The normalized spacial score (nSPS) is 10.7. The number of aromatic nitrogens is 1. The van der Waals surface area contributed by atoms with Crippen LogP contribution in [-0.4, -0.2) is 10.9 Å². The van der Waals surface area contributed by atoms with Crippen LogP contribution in [-0.2, 0) is 11.2 Å². The number of nitrogens with one attached hydrogen (secondary N) is 2. The van der Waals surface area contributed by atoms with Crippen molar-refractivity contribution >= 4 is 22.5 Å². The lowest BCUT2D eigenvalue weighted by atomic mass is 10.1. The maximum atomic E-state index is 12.3. The van der Waals surface area contributed by atoms with Crippen LogP contribution < -0.4 is 10.1 Å². The number of carbonyl (C=O) groups excluding carboxylic acids is 1. The third-order valence-corrected chi connectivity index (χ3v) is 4.41. The summed E-state index contributed by atoms with van der Waals surface area (Å²) in [4.78, 5) is 15.5. The molecule has 4 nitrogen and oxygen atoms in total. The summed E-state index contributed by atoms with van der Waals surface area (Å²) in [6, 6.07) is 25.1. The topological polar surface area (TPSA) is 54.1 Å². The molecule has 0 aliphatic rings. The molecule has 1 amide bonds. The predicted octanol–water partition coefficient (Wildman–Crippen LogP) is 5.53. The number of fused-ring (bicyclic) bond motifs is 1. The second-order valence-corrected chi connectivity index (χ2v) is 6.35. The lowest BCUT2D eigenvalue weighted by Crippen LogP contribution is -2.12. The summed E-state index contributed by atoms with van der Waals surface area (Å²) in [7, 11) is 0. The number of ether oxygens (including phenoxy) is 1. The van der Waals surface area contributed by atoms with Crippen molar-refractivity contribution in [3.05, 3.63) is 90.6 Å². The van der Waals surface area contributed by atoms with E-state index in [0.717, 1.165) is 28.3 Å². The van der Waals surface area contributed by atoms with E-state index >= 15 is 0 Å². The van der Waals surface area contributed by atoms with Crippen molar-refractivity contribution in [2.45, 2.75) is 12.8 Å². The second kappa shape index (κ2) is 7.79. The summed E-state index contributed by atoms with van der Waals surface area (Å²) in [5.74, 6) is 1.52. The van der Waals surface area contributed by atoms with Crippen LogP contribution >= 0.6 is 0 Å². The summed E-state index contributed by atoms with van der Waals surface area (Å²) >= 11 is 0. The lowest BCUT2D eigenvalue weighted by molar-refractivity contribution is -0.116. The van der Waals surface area contributed by atoms with Crippen molar-refractivity contribution < 1.29 is 9.53 Å². The number of aryl methyl sites for hydroxylation is 1. The van der Waals surface area contributed by atoms with Crippen molar-refractivity contribution in [3.8, 4) is 11.5 Å². The fourth-order valence-electron chi connectivity index (χ4n) is 3.04. The molecule has 4 aromatic rings.